The molecule has 1 fully saturated rings. The summed E-state index contributed by atoms with van der Waals surface area (Å²) in [6, 6.07) is 12.1. The summed E-state index contributed by atoms with van der Waals surface area (Å²) in [5.41, 5.74) is 2.15. The van der Waals surface area contributed by atoms with Gasteiger partial charge in [-0.1, -0.05) is 17.7 Å². The highest BCUT2D eigenvalue weighted by Crippen LogP contribution is 2.26. The highest BCUT2D eigenvalue weighted by molar-refractivity contribution is 6.30. The van der Waals surface area contributed by atoms with Gasteiger partial charge in [-0.2, -0.15) is 0 Å². The van der Waals surface area contributed by atoms with E-state index in [1.165, 1.54) is 9.13 Å². The van der Waals surface area contributed by atoms with Crippen LogP contribution >= 0.6 is 11.6 Å². The van der Waals surface area contributed by atoms with Crippen LogP contribution in [0.15, 0.2) is 63.0 Å². The van der Waals surface area contributed by atoms with Crippen molar-refractivity contribution in [3.8, 4) is 5.69 Å². The lowest BCUT2D eigenvalue weighted by atomic mass is 9.87. The highest BCUT2D eigenvalue weighted by Gasteiger charge is 2.25. The lowest BCUT2D eigenvalue weighted by Gasteiger charge is -2.30. The number of fused-ring (bicyclic) bond motifs is 1. The molecule has 2 unspecified atom stereocenters. The molecule has 0 saturated carbocycles. The third-order valence-electron chi connectivity index (χ3n) is 7.22. The molecule has 192 valence electrons. The molecular formula is C28H29ClN4O4. The largest absolute Gasteiger partial charge is 0.378 e. The zero-order valence-electron chi connectivity index (χ0n) is 21.1. The van der Waals surface area contributed by atoms with Gasteiger partial charge in [0, 0.05) is 50.0 Å². The number of aromatic nitrogens is 4. The molecule has 3 aromatic heterocycles. The van der Waals surface area contributed by atoms with Crippen molar-refractivity contribution < 1.29 is 4.74 Å². The molecule has 0 spiro atoms. The van der Waals surface area contributed by atoms with E-state index in [-0.39, 0.29) is 28.7 Å². The van der Waals surface area contributed by atoms with Gasteiger partial charge in [-0.3, -0.25) is 23.5 Å². The fraction of sp³-hybridized carbons (Fsp3) is 0.357. The van der Waals surface area contributed by atoms with Crippen molar-refractivity contribution in [2.45, 2.75) is 38.7 Å². The Balaban J connectivity index is 1.51. The van der Waals surface area contributed by atoms with E-state index in [0.29, 0.717) is 52.6 Å². The van der Waals surface area contributed by atoms with Crippen LogP contribution in [0.2, 0.25) is 5.02 Å². The molecule has 1 aliphatic heterocycles. The van der Waals surface area contributed by atoms with Crippen LogP contribution in [-0.4, -0.2) is 31.4 Å². The van der Waals surface area contributed by atoms with E-state index in [2.05, 4.69) is 4.98 Å². The number of hydrogen-bond acceptors (Lipinski definition) is 5. The first-order valence-electron chi connectivity index (χ1n) is 12.4. The number of hydrogen-bond donors (Lipinski definition) is 0. The molecule has 2 atom stereocenters. The first-order chi connectivity index (χ1) is 17.7. The fourth-order valence-corrected chi connectivity index (χ4v) is 5.22. The van der Waals surface area contributed by atoms with Crippen LogP contribution in [0.1, 0.15) is 29.8 Å². The van der Waals surface area contributed by atoms with E-state index in [9.17, 15) is 14.4 Å². The second kappa shape index (κ2) is 10.1. The summed E-state index contributed by atoms with van der Waals surface area (Å²) in [6.07, 6.45) is 4.67. The molecule has 5 rings (SSSR count). The van der Waals surface area contributed by atoms with Crippen LogP contribution in [0.25, 0.3) is 16.7 Å². The van der Waals surface area contributed by atoms with Gasteiger partial charge in [0.15, 0.2) is 5.65 Å². The monoisotopic (exact) mass is 520 g/mol. The van der Waals surface area contributed by atoms with Gasteiger partial charge in [0.2, 0.25) is 5.56 Å². The van der Waals surface area contributed by atoms with Crippen molar-refractivity contribution in [3.05, 3.63) is 102 Å². The van der Waals surface area contributed by atoms with Crippen LogP contribution in [0.5, 0.6) is 0 Å². The Hall–Kier alpha value is -3.49. The average Bonchev–Trinajstić information content (AvgIpc) is 2.87. The minimum atomic E-state index is -0.189. The summed E-state index contributed by atoms with van der Waals surface area (Å²) < 4.78 is 10.6. The van der Waals surface area contributed by atoms with Crippen molar-refractivity contribution in [2.75, 3.05) is 6.61 Å². The Morgan fingerprint density at radius 2 is 1.78 bits per heavy atom. The van der Waals surface area contributed by atoms with E-state index >= 15 is 0 Å². The molecule has 0 bridgehead atoms. The van der Waals surface area contributed by atoms with Crippen LogP contribution in [0, 0.1) is 12.8 Å². The molecule has 0 N–H and O–H groups in total. The molecule has 0 aliphatic carbocycles. The van der Waals surface area contributed by atoms with Crippen molar-refractivity contribution in [2.24, 2.45) is 20.0 Å². The van der Waals surface area contributed by atoms with Crippen LogP contribution < -0.4 is 16.7 Å². The minimum Gasteiger partial charge on any atom is -0.378 e. The summed E-state index contributed by atoms with van der Waals surface area (Å²) in [6.45, 7) is 2.35. The van der Waals surface area contributed by atoms with Gasteiger partial charge >= 0.3 is 0 Å². The summed E-state index contributed by atoms with van der Waals surface area (Å²) in [7, 11) is 3.42. The lowest BCUT2D eigenvalue weighted by molar-refractivity contribution is -0.00801. The second-order valence-corrected chi connectivity index (χ2v) is 10.3. The smallest absolute Gasteiger partial charge is 0.262 e. The molecule has 8 nitrogen and oxygen atoms in total. The van der Waals surface area contributed by atoms with Gasteiger partial charge in [0.1, 0.15) is 5.82 Å². The van der Waals surface area contributed by atoms with Gasteiger partial charge in [-0.25, -0.2) is 4.98 Å². The Bertz CT molecular complexity index is 1650. The molecule has 4 aromatic rings. The van der Waals surface area contributed by atoms with Gasteiger partial charge in [-0.15, -0.1) is 0 Å². The van der Waals surface area contributed by atoms with Gasteiger partial charge < -0.3 is 9.30 Å². The van der Waals surface area contributed by atoms with Crippen molar-refractivity contribution >= 4 is 22.6 Å². The van der Waals surface area contributed by atoms with Crippen LogP contribution in [0.3, 0.4) is 0 Å². The number of ether oxygens (including phenoxy) is 1. The number of rotatable bonds is 5. The van der Waals surface area contributed by atoms with E-state index in [1.807, 2.05) is 12.3 Å². The molecule has 9 heteroatoms. The Labute approximate surface area is 218 Å². The van der Waals surface area contributed by atoms with Gasteiger partial charge in [0.25, 0.3) is 11.1 Å². The molecule has 1 saturated heterocycles. The lowest BCUT2D eigenvalue weighted by Crippen LogP contribution is -2.32. The molecule has 4 heterocycles. The number of pyridine rings is 2. The maximum absolute atomic E-state index is 13.8. The van der Waals surface area contributed by atoms with E-state index in [0.717, 1.165) is 18.4 Å². The quantitative estimate of drug-likeness (QED) is 0.403. The Morgan fingerprint density at radius 1 is 1.03 bits per heavy atom. The topological polar surface area (TPSA) is 88.1 Å². The minimum absolute atomic E-state index is 0.00705. The maximum atomic E-state index is 13.8. The summed E-state index contributed by atoms with van der Waals surface area (Å²) in [4.78, 5) is 43.3. The van der Waals surface area contributed by atoms with Crippen LogP contribution in [0.4, 0.5) is 0 Å². The number of nitrogens with zero attached hydrogens (tertiary/aromatic N) is 4. The zero-order chi connectivity index (χ0) is 26.3. The van der Waals surface area contributed by atoms with Crippen molar-refractivity contribution in [1.82, 2.24) is 18.7 Å². The number of halogens is 1. The molecular weight excluding hydrogens is 492 g/mol. The number of aryl methyl sites for hydroxylation is 2. The molecule has 1 aromatic carbocycles. The predicted octanol–water partition coefficient (Wildman–Crippen LogP) is 3.33. The first kappa shape index (κ1) is 25.2. The normalized spacial score (nSPS) is 17.8. The van der Waals surface area contributed by atoms with E-state index in [4.69, 9.17) is 16.3 Å². The highest BCUT2D eigenvalue weighted by atomic mass is 35.5. The summed E-state index contributed by atoms with van der Waals surface area (Å²) >= 11 is 6.09. The van der Waals surface area contributed by atoms with Crippen LogP contribution in [-0.2, 0) is 31.7 Å². The summed E-state index contributed by atoms with van der Waals surface area (Å²) in [5.74, 6) is 0.746. The zero-order valence-corrected chi connectivity index (χ0v) is 21.9. The predicted molar refractivity (Wildman–Crippen MR) is 144 cm³/mol. The van der Waals surface area contributed by atoms with Gasteiger partial charge in [0.05, 0.1) is 17.2 Å². The Morgan fingerprint density at radius 3 is 2.51 bits per heavy atom. The van der Waals surface area contributed by atoms with E-state index in [1.54, 1.807) is 62.0 Å². The van der Waals surface area contributed by atoms with Gasteiger partial charge in [-0.05, 0) is 68.0 Å². The molecule has 0 radical (unpaired) electrons. The van der Waals surface area contributed by atoms with E-state index < -0.39 is 0 Å². The summed E-state index contributed by atoms with van der Waals surface area (Å²) in [5, 5.41) is 0.968. The number of benzene rings is 1. The SMILES string of the molecule is Cc1nc2c(cc(CC3CCOC(Cc4ccc(=O)n(C)c4)C3)c(=O)n2-c2ccc(Cl)cc2)c(=O)n1C. The molecule has 0 amide bonds. The molecule has 1 aliphatic rings. The van der Waals surface area contributed by atoms with Crippen molar-refractivity contribution in [1.29, 1.82) is 0 Å². The third kappa shape index (κ3) is 5.04. The second-order valence-electron chi connectivity index (χ2n) is 9.82. The fourth-order valence-electron chi connectivity index (χ4n) is 5.09. The molecule has 37 heavy (non-hydrogen) atoms. The van der Waals surface area contributed by atoms with Crippen molar-refractivity contribution in [3.63, 3.8) is 0 Å². The Kier molecular flexibility index (Phi) is 6.88. The first-order valence-corrected chi connectivity index (χ1v) is 12.7. The standard InChI is InChI=1S/C28H29ClN4O4/c1-17-30-26-24(28(36)32(17)3)15-20(27(35)33(26)22-7-5-21(29)6-8-22)12-18-10-11-37-23(13-18)14-19-4-9-25(34)31(2)16-19/h4-9,15-16,18,23H,10-14H2,1-3H3. The third-order valence-corrected chi connectivity index (χ3v) is 7.47. The maximum Gasteiger partial charge on any atom is 0.262 e. The average molecular weight is 521 g/mol.